The van der Waals surface area contributed by atoms with Gasteiger partial charge in [0.1, 0.15) is 5.75 Å². The first kappa shape index (κ1) is 15.6. The summed E-state index contributed by atoms with van der Waals surface area (Å²) in [6.45, 7) is 1.96. The van der Waals surface area contributed by atoms with Crippen molar-refractivity contribution in [3.8, 4) is 5.75 Å². The van der Waals surface area contributed by atoms with Crippen molar-refractivity contribution in [2.75, 3.05) is 25.0 Å². The summed E-state index contributed by atoms with van der Waals surface area (Å²) >= 11 is 9.20. The Balaban J connectivity index is 1.96. The fourth-order valence-corrected chi connectivity index (χ4v) is 2.65. The number of ether oxygens (including phenoxy) is 1. The van der Waals surface area contributed by atoms with Crippen molar-refractivity contribution < 1.29 is 14.6 Å². The molecule has 0 radical (unpaired) electrons. The van der Waals surface area contributed by atoms with Crippen molar-refractivity contribution in [3.05, 3.63) is 28.8 Å². The van der Waals surface area contributed by atoms with Gasteiger partial charge in [0.15, 0.2) is 0 Å². The third kappa shape index (κ3) is 3.87. The predicted molar refractivity (Wildman–Crippen MR) is 81.8 cm³/mol. The van der Waals surface area contributed by atoms with Crippen molar-refractivity contribution in [3.63, 3.8) is 0 Å². The van der Waals surface area contributed by atoms with Crippen LogP contribution in [0.25, 0.3) is 0 Å². The number of hydrogen-bond donors (Lipinski definition) is 1. The van der Waals surface area contributed by atoms with Crippen LogP contribution in [0.1, 0.15) is 23.2 Å². The maximum Gasteiger partial charge on any atom is 0.257 e. The molecule has 1 fully saturated rings. The van der Waals surface area contributed by atoms with E-state index in [1.807, 2.05) is 0 Å². The van der Waals surface area contributed by atoms with E-state index in [4.69, 9.17) is 16.3 Å². The Morgan fingerprint density at radius 3 is 2.80 bits per heavy atom. The van der Waals surface area contributed by atoms with E-state index < -0.39 is 0 Å². The molecule has 6 heteroatoms. The van der Waals surface area contributed by atoms with Crippen LogP contribution in [0.2, 0.25) is 5.02 Å². The molecule has 0 saturated carbocycles. The van der Waals surface area contributed by atoms with Crippen LogP contribution in [-0.4, -0.2) is 47.0 Å². The van der Waals surface area contributed by atoms with Gasteiger partial charge in [-0.15, -0.1) is 0 Å². The molecule has 0 spiro atoms. The van der Waals surface area contributed by atoms with E-state index in [9.17, 15) is 9.90 Å². The summed E-state index contributed by atoms with van der Waals surface area (Å²) in [5.74, 6) is -0.207. The summed E-state index contributed by atoms with van der Waals surface area (Å²) in [5, 5.41) is 11.0. The van der Waals surface area contributed by atoms with E-state index in [-0.39, 0.29) is 23.3 Å². The van der Waals surface area contributed by atoms with Gasteiger partial charge in [0.25, 0.3) is 5.91 Å². The Labute approximate surface area is 131 Å². The van der Waals surface area contributed by atoms with Crippen molar-refractivity contribution in [1.29, 1.82) is 0 Å². The fourth-order valence-electron chi connectivity index (χ4n) is 2.29. The number of halogens is 2. The molecule has 0 aromatic heterocycles. The standard InChI is InChI=1S/C14H17BrClNO3/c15-5-8-20-11-3-6-17(7-4-11)14(19)12-9-10(16)1-2-13(12)18/h1-2,9,11,18H,3-8H2. The second kappa shape index (κ2) is 7.29. The molecule has 1 N–H and O–H groups in total. The number of amides is 1. The van der Waals surface area contributed by atoms with Gasteiger partial charge >= 0.3 is 0 Å². The van der Waals surface area contributed by atoms with Crippen LogP contribution >= 0.6 is 27.5 Å². The summed E-state index contributed by atoms with van der Waals surface area (Å²) in [5.41, 5.74) is 0.261. The molecule has 1 heterocycles. The van der Waals surface area contributed by atoms with Crippen LogP contribution in [0.15, 0.2) is 18.2 Å². The van der Waals surface area contributed by atoms with Gasteiger partial charge in [-0.05, 0) is 31.0 Å². The Morgan fingerprint density at radius 2 is 2.15 bits per heavy atom. The second-order valence-corrected chi connectivity index (χ2v) is 5.94. The summed E-state index contributed by atoms with van der Waals surface area (Å²) in [6, 6.07) is 4.52. The number of hydrogen-bond acceptors (Lipinski definition) is 3. The van der Waals surface area contributed by atoms with Crippen molar-refractivity contribution >= 4 is 33.4 Å². The minimum atomic E-state index is -0.177. The zero-order valence-corrected chi connectivity index (χ0v) is 13.4. The van der Waals surface area contributed by atoms with Crippen molar-refractivity contribution in [2.24, 2.45) is 0 Å². The van der Waals surface area contributed by atoms with E-state index in [0.29, 0.717) is 24.7 Å². The average Bonchev–Trinajstić information content (AvgIpc) is 2.47. The SMILES string of the molecule is O=C(c1cc(Cl)ccc1O)N1CCC(OCCBr)CC1. The van der Waals surface area contributed by atoms with E-state index in [1.165, 1.54) is 12.1 Å². The monoisotopic (exact) mass is 361 g/mol. The molecule has 1 amide bonds. The van der Waals surface area contributed by atoms with Crippen LogP contribution in [0.4, 0.5) is 0 Å². The molecule has 1 aromatic rings. The maximum absolute atomic E-state index is 12.4. The topological polar surface area (TPSA) is 49.8 Å². The number of nitrogens with zero attached hydrogens (tertiary/aromatic N) is 1. The van der Waals surface area contributed by atoms with Gasteiger partial charge < -0.3 is 14.7 Å². The first-order chi connectivity index (χ1) is 9.61. The molecule has 0 atom stereocenters. The number of phenolic OH excluding ortho intramolecular Hbond substituents is 1. The Hall–Kier alpha value is -0.780. The lowest BCUT2D eigenvalue weighted by Crippen LogP contribution is -2.41. The number of rotatable bonds is 4. The van der Waals surface area contributed by atoms with Gasteiger partial charge in [0.05, 0.1) is 18.3 Å². The number of likely N-dealkylation sites (tertiary alicyclic amines) is 1. The van der Waals surface area contributed by atoms with Gasteiger partial charge in [-0.2, -0.15) is 0 Å². The van der Waals surface area contributed by atoms with Crippen LogP contribution in [0.3, 0.4) is 0 Å². The summed E-state index contributed by atoms with van der Waals surface area (Å²) in [6.07, 6.45) is 1.85. The molecular formula is C14H17BrClNO3. The molecule has 4 nitrogen and oxygen atoms in total. The third-order valence-electron chi connectivity index (χ3n) is 3.35. The summed E-state index contributed by atoms with van der Waals surface area (Å²) in [7, 11) is 0. The number of piperidine rings is 1. The normalized spacial score (nSPS) is 16.4. The number of benzene rings is 1. The molecule has 1 aliphatic heterocycles. The highest BCUT2D eigenvalue weighted by Gasteiger charge is 2.25. The summed E-state index contributed by atoms with van der Waals surface area (Å²) < 4.78 is 5.65. The van der Waals surface area contributed by atoms with Gasteiger partial charge in [0, 0.05) is 23.4 Å². The highest BCUT2D eigenvalue weighted by molar-refractivity contribution is 9.09. The zero-order valence-electron chi connectivity index (χ0n) is 11.0. The molecule has 2 rings (SSSR count). The van der Waals surface area contributed by atoms with Gasteiger partial charge in [0.2, 0.25) is 0 Å². The minimum Gasteiger partial charge on any atom is -0.507 e. The van der Waals surface area contributed by atoms with Crippen molar-refractivity contribution in [2.45, 2.75) is 18.9 Å². The predicted octanol–water partition coefficient (Wildman–Crippen LogP) is 3.06. The Morgan fingerprint density at radius 1 is 1.45 bits per heavy atom. The lowest BCUT2D eigenvalue weighted by atomic mass is 10.1. The number of phenols is 1. The quantitative estimate of drug-likeness (QED) is 0.838. The third-order valence-corrected chi connectivity index (χ3v) is 3.91. The first-order valence-electron chi connectivity index (χ1n) is 6.57. The maximum atomic E-state index is 12.4. The first-order valence-corrected chi connectivity index (χ1v) is 8.07. The average molecular weight is 363 g/mol. The molecule has 1 aromatic carbocycles. The highest BCUT2D eigenvalue weighted by atomic mass is 79.9. The zero-order chi connectivity index (χ0) is 14.5. The van der Waals surface area contributed by atoms with Crippen LogP contribution in [0, 0.1) is 0 Å². The number of alkyl halides is 1. The largest absolute Gasteiger partial charge is 0.507 e. The van der Waals surface area contributed by atoms with E-state index in [0.717, 1.165) is 18.2 Å². The molecule has 1 saturated heterocycles. The molecule has 0 unspecified atom stereocenters. The van der Waals surface area contributed by atoms with E-state index in [1.54, 1.807) is 11.0 Å². The lowest BCUT2D eigenvalue weighted by Gasteiger charge is -2.32. The molecular weight excluding hydrogens is 346 g/mol. The number of carbonyl (C=O) groups is 1. The molecule has 1 aliphatic rings. The van der Waals surface area contributed by atoms with Gasteiger partial charge in [-0.25, -0.2) is 0 Å². The van der Waals surface area contributed by atoms with E-state index in [2.05, 4.69) is 15.9 Å². The molecule has 110 valence electrons. The van der Waals surface area contributed by atoms with Gasteiger partial charge in [-0.3, -0.25) is 4.79 Å². The Kier molecular flexibility index (Phi) is 5.69. The van der Waals surface area contributed by atoms with Crippen LogP contribution < -0.4 is 0 Å². The van der Waals surface area contributed by atoms with Crippen LogP contribution in [0.5, 0.6) is 5.75 Å². The lowest BCUT2D eigenvalue weighted by molar-refractivity contribution is 0.0159. The van der Waals surface area contributed by atoms with Gasteiger partial charge in [-0.1, -0.05) is 27.5 Å². The molecule has 20 heavy (non-hydrogen) atoms. The van der Waals surface area contributed by atoms with Crippen molar-refractivity contribution in [1.82, 2.24) is 4.90 Å². The Bertz CT molecular complexity index is 475. The number of aromatic hydroxyl groups is 1. The fraction of sp³-hybridized carbons (Fsp3) is 0.500. The molecule has 0 aliphatic carbocycles. The number of carbonyl (C=O) groups excluding carboxylic acids is 1. The molecule has 0 bridgehead atoms. The second-order valence-electron chi connectivity index (χ2n) is 4.71. The highest BCUT2D eigenvalue weighted by Crippen LogP contribution is 2.24. The van der Waals surface area contributed by atoms with E-state index >= 15 is 0 Å². The minimum absolute atomic E-state index is 0.0305. The van der Waals surface area contributed by atoms with Crippen LogP contribution in [-0.2, 0) is 4.74 Å². The smallest absolute Gasteiger partial charge is 0.257 e. The summed E-state index contributed by atoms with van der Waals surface area (Å²) in [4.78, 5) is 14.1.